The first-order valence-electron chi connectivity index (χ1n) is 5.62. The summed E-state index contributed by atoms with van der Waals surface area (Å²) in [4.78, 5) is 13.7. The van der Waals surface area contributed by atoms with E-state index in [1.165, 1.54) is 0 Å². The number of furan rings is 1. The van der Waals surface area contributed by atoms with Gasteiger partial charge in [0.1, 0.15) is 11.5 Å². The lowest BCUT2D eigenvalue weighted by molar-refractivity contribution is 0.0775. The summed E-state index contributed by atoms with van der Waals surface area (Å²) in [6.45, 7) is 2.33. The molecule has 1 amide bonds. The van der Waals surface area contributed by atoms with Gasteiger partial charge in [-0.05, 0) is 43.3 Å². The number of nitrogens with zero attached hydrogens (tertiary/aromatic N) is 1. The van der Waals surface area contributed by atoms with E-state index in [1.807, 2.05) is 19.1 Å². The highest BCUT2D eigenvalue weighted by molar-refractivity contribution is 6.30. The molecule has 1 heterocycles. The lowest BCUT2D eigenvalue weighted by atomic mass is 10.2. The largest absolute Gasteiger partial charge is 0.464 e. The number of rotatable bonds is 3. The van der Waals surface area contributed by atoms with Crippen LogP contribution in [0.15, 0.2) is 40.8 Å². The molecule has 0 saturated carbocycles. The molecule has 18 heavy (non-hydrogen) atoms. The van der Waals surface area contributed by atoms with Gasteiger partial charge in [-0.25, -0.2) is 0 Å². The normalized spacial score (nSPS) is 10.4. The second kappa shape index (κ2) is 5.27. The van der Waals surface area contributed by atoms with Gasteiger partial charge in [0.25, 0.3) is 5.91 Å². The molecule has 0 saturated heterocycles. The molecule has 1 aromatic heterocycles. The van der Waals surface area contributed by atoms with E-state index in [9.17, 15) is 4.79 Å². The number of hydrogen-bond donors (Lipinski definition) is 0. The minimum Gasteiger partial charge on any atom is -0.464 e. The van der Waals surface area contributed by atoms with Crippen LogP contribution >= 0.6 is 11.6 Å². The third kappa shape index (κ3) is 2.93. The highest BCUT2D eigenvalue weighted by Gasteiger charge is 2.13. The van der Waals surface area contributed by atoms with Gasteiger partial charge in [0.05, 0.1) is 6.54 Å². The van der Waals surface area contributed by atoms with Gasteiger partial charge < -0.3 is 9.32 Å². The van der Waals surface area contributed by atoms with Crippen LogP contribution in [-0.4, -0.2) is 17.9 Å². The van der Waals surface area contributed by atoms with Crippen LogP contribution < -0.4 is 0 Å². The summed E-state index contributed by atoms with van der Waals surface area (Å²) in [5.74, 6) is 1.57. The molecule has 94 valence electrons. The average Bonchev–Trinajstić information content (AvgIpc) is 2.75. The van der Waals surface area contributed by atoms with Crippen molar-refractivity contribution in [2.45, 2.75) is 13.5 Å². The van der Waals surface area contributed by atoms with Crippen LogP contribution in [-0.2, 0) is 6.54 Å². The summed E-state index contributed by atoms with van der Waals surface area (Å²) in [5.41, 5.74) is 0.616. The first-order chi connectivity index (χ1) is 8.56. The van der Waals surface area contributed by atoms with Crippen LogP contribution in [0.4, 0.5) is 0 Å². The molecule has 4 heteroatoms. The molecule has 1 aromatic carbocycles. The van der Waals surface area contributed by atoms with Crippen LogP contribution in [0.1, 0.15) is 21.9 Å². The molecule has 0 unspecified atom stereocenters. The van der Waals surface area contributed by atoms with E-state index in [0.29, 0.717) is 17.1 Å². The van der Waals surface area contributed by atoms with Gasteiger partial charge in [0.2, 0.25) is 0 Å². The molecule has 0 N–H and O–H groups in total. The van der Waals surface area contributed by atoms with Crippen molar-refractivity contribution in [1.29, 1.82) is 0 Å². The number of amides is 1. The van der Waals surface area contributed by atoms with E-state index in [2.05, 4.69) is 0 Å². The SMILES string of the molecule is Cc1ccc(CN(C)C(=O)c2ccc(Cl)cc2)o1. The third-order valence-electron chi connectivity index (χ3n) is 2.63. The van der Waals surface area contributed by atoms with Gasteiger partial charge in [0, 0.05) is 17.6 Å². The zero-order valence-electron chi connectivity index (χ0n) is 10.3. The fourth-order valence-corrected chi connectivity index (χ4v) is 1.81. The molecule has 0 aliphatic carbocycles. The van der Waals surface area contributed by atoms with Crippen molar-refractivity contribution in [3.63, 3.8) is 0 Å². The van der Waals surface area contributed by atoms with Crippen LogP contribution in [0.3, 0.4) is 0 Å². The first kappa shape index (κ1) is 12.7. The number of carbonyl (C=O) groups is 1. The van der Waals surface area contributed by atoms with E-state index in [4.69, 9.17) is 16.0 Å². The molecular weight excluding hydrogens is 250 g/mol. The van der Waals surface area contributed by atoms with Crippen LogP contribution in [0.2, 0.25) is 5.02 Å². The Bertz CT molecular complexity index is 545. The molecule has 3 nitrogen and oxygen atoms in total. The zero-order valence-corrected chi connectivity index (χ0v) is 11.1. The summed E-state index contributed by atoms with van der Waals surface area (Å²) in [5, 5.41) is 0.621. The van der Waals surface area contributed by atoms with Gasteiger partial charge in [-0.15, -0.1) is 0 Å². The quantitative estimate of drug-likeness (QED) is 0.849. The minimum atomic E-state index is -0.0549. The summed E-state index contributed by atoms with van der Waals surface area (Å²) in [7, 11) is 1.74. The predicted molar refractivity (Wildman–Crippen MR) is 70.7 cm³/mol. The molecule has 0 radical (unpaired) electrons. The summed E-state index contributed by atoms with van der Waals surface area (Å²) < 4.78 is 5.44. The molecule has 0 aliphatic heterocycles. The number of hydrogen-bond acceptors (Lipinski definition) is 2. The zero-order chi connectivity index (χ0) is 13.1. The van der Waals surface area contributed by atoms with Gasteiger partial charge in [-0.1, -0.05) is 11.6 Å². The van der Waals surface area contributed by atoms with Gasteiger partial charge in [-0.2, -0.15) is 0 Å². The Morgan fingerprint density at radius 3 is 2.44 bits per heavy atom. The molecule has 0 bridgehead atoms. The lowest BCUT2D eigenvalue weighted by Gasteiger charge is -2.15. The van der Waals surface area contributed by atoms with E-state index >= 15 is 0 Å². The second-order valence-electron chi connectivity index (χ2n) is 4.18. The Morgan fingerprint density at radius 1 is 1.22 bits per heavy atom. The molecular formula is C14H14ClNO2. The second-order valence-corrected chi connectivity index (χ2v) is 4.62. The van der Waals surface area contributed by atoms with E-state index < -0.39 is 0 Å². The third-order valence-corrected chi connectivity index (χ3v) is 2.88. The summed E-state index contributed by atoms with van der Waals surface area (Å²) in [6.07, 6.45) is 0. The fourth-order valence-electron chi connectivity index (χ4n) is 1.69. The number of carbonyl (C=O) groups excluding carboxylic acids is 1. The minimum absolute atomic E-state index is 0.0549. The molecule has 0 spiro atoms. The Hall–Kier alpha value is -1.74. The predicted octanol–water partition coefficient (Wildman–Crippen LogP) is 3.51. The summed E-state index contributed by atoms with van der Waals surface area (Å²) >= 11 is 5.79. The molecule has 0 atom stereocenters. The summed E-state index contributed by atoms with van der Waals surface area (Å²) in [6, 6.07) is 10.6. The highest BCUT2D eigenvalue weighted by atomic mass is 35.5. The first-order valence-corrected chi connectivity index (χ1v) is 6.00. The van der Waals surface area contributed by atoms with Crippen LogP contribution in [0.25, 0.3) is 0 Å². The Balaban J connectivity index is 2.07. The van der Waals surface area contributed by atoms with Crippen molar-refractivity contribution in [3.05, 3.63) is 58.5 Å². The van der Waals surface area contributed by atoms with Crippen molar-refractivity contribution in [3.8, 4) is 0 Å². The van der Waals surface area contributed by atoms with Gasteiger partial charge in [-0.3, -0.25) is 4.79 Å². The van der Waals surface area contributed by atoms with Crippen LogP contribution in [0, 0.1) is 6.92 Å². The molecule has 2 aromatic rings. The topological polar surface area (TPSA) is 33.5 Å². The monoisotopic (exact) mass is 263 g/mol. The number of aryl methyl sites for hydroxylation is 1. The standard InChI is InChI=1S/C14H14ClNO2/c1-10-3-8-13(18-10)9-16(2)14(17)11-4-6-12(15)7-5-11/h3-8H,9H2,1-2H3. The Labute approximate surface area is 111 Å². The average molecular weight is 264 g/mol. The molecule has 2 rings (SSSR count). The van der Waals surface area contributed by atoms with Gasteiger partial charge in [0.15, 0.2) is 0 Å². The maximum atomic E-state index is 12.1. The Kier molecular flexibility index (Phi) is 3.72. The van der Waals surface area contributed by atoms with E-state index in [1.54, 1.807) is 36.2 Å². The lowest BCUT2D eigenvalue weighted by Crippen LogP contribution is -2.25. The maximum Gasteiger partial charge on any atom is 0.254 e. The van der Waals surface area contributed by atoms with Crippen molar-refractivity contribution < 1.29 is 9.21 Å². The van der Waals surface area contributed by atoms with Crippen LogP contribution in [0.5, 0.6) is 0 Å². The van der Waals surface area contributed by atoms with Crippen molar-refractivity contribution in [2.24, 2.45) is 0 Å². The van der Waals surface area contributed by atoms with Crippen molar-refractivity contribution >= 4 is 17.5 Å². The molecule has 0 fully saturated rings. The van der Waals surface area contributed by atoms with E-state index in [0.717, 1.165) is 11.5 Å². The van der Waals surface area contributed by atoms with Gasteiger partial charge >= 0.3 is 0 Å². The number of benzene rings is 1. The Morgan fingerprint density at radius 2 is 1.89 bits per heavy atom. The van der Waals surface area contributed by atoms with E-state index in [-0.39, 0.29) is 5.91 Å². The molecule has 0 aliphatic rings. The fraction of sp³-hybridized carbons (Fsp3) is 0.214. The van der Waals surface area contributed by atoms with Crippen molar-refractivity contribution in [2.75, 3.05) is 7.05 Å². The smallest absolute Gasteiger partial charge is 0.254 e. The highest BCUT2D eigenvalue weighted by Crippen LogP contribution is 2.13. The van der Waals surface area contributed by atoms with Crippen molar-refractivity contribution in [1.82, 2.24) is 4.90 Å². The number of halogens is 1. The maximum absolute atomic E-state index is 12.1.